The van der Waals surface area contributed by atoms with E-state index in [-0.39, 0.29) is 36.8 Å². The largest absolute Gasteiger partial charge is 0.477 e. The Kier molecular flexibility index (Phi) is 13.9. The van der Waals surface area contributed by atoms with Gasteiger partial charge in [-0.2, -0.15) is 9.97 Å². The zero-order valence-corrected chi connectivity index (χ0v) is 37.0. The third-order valence-corrected chi connectivity index (χ3v) is 14.4. The first kappa shape index (κ1) is 44.8. The van der Waals surface area contributed by atoms with Gasteiger partial charge < -0.3 is 46.2 Å². The average Bonchev–Trinajstić information content (AvgIpc) is 4.24. The quantitative estimate of drug-likeness (QED) is 0.0724. The Balaban J connectivity index is 0.000000177. The topological polar surface area (TPSA) is 209 Å². The van der Waals surface area contributed by atoms with Gasteiger partial charge in [-0.3, -0.25) is 4.79 Å². The lowest BCUT2D eigenvalue weighted by molar-refractivity contribution is 0.0696. The molecule has 2 aromatic carbocycles. The molecule has 0 atom stereocenters. The summed E-state index contributed by atoms with van der Waals surface area (Å²) in [5.74, 6) is 0.734. The number of aliphatic hydroxyl groups excluding tert-OH is 3. The lowest BCUT2D eigenvalue weighted by Gasteiger charge is -2.32. The molecule has 17 heteroatoms. The fourth-order valence-corrected chi connectivity index (χ4v) is 9.40. The van der Waals surface area contributed by atoms with E-state index in [0.29, 0.717) is 87.0 Å². The number of rotatable bonds is 13. The highest BCUT2D eigenvalue weighted by Crippen LogP contribution is 2.54. The van der Waals surface area contributed by atoms with Gasteiger partial charge in [-0.1, -0.05) is 47.5 Å². The minimum absolute atomic E-state index is 0.0393. The molecule has 4 aromatic rings. The molecule has 0 unspecified atom stereocenters. The molecule has 5 aliphatic rings. The number of hydrogen-bond acceptors (Lipinski definition) is 13. The van der Waals surface area contributed by atoms with Crippen LogP contribution in [-0.4, -0.2) is 90.6 Å². The van der Waals surface area contributed by atoms with Crippen LogP contribution in [0.5, 0.6) is 0 Å². The SMILES string of the molecule is O=C(NC1CCC(O)CC1)c1cnc(N2CCC3(CC2)CC3)nc1NCc1ccc(CO)c(Cl)c1.O=C(O)c1cnc(N2CCC3(CC2)CC3)nc1NCc1ccc(CO)c(Cl)c1. The number of carboxylic acid groups (broad SMARTS) is 1. The molecule has 1 amide bonds. The maximum Gasteiger partial charge on any atom is 0.341 e. The Morgan fingerprint density at radius 3 is 1.52 bits per heavy atom. The van der Waals surface area contributed by atoms with Crippen molar-refractivity contribution in [3.05, 3.63) is 92.2 Å². The highest BCUT2D eigenvalue weighted by atomic mass is 35.5. The van der Waals surface area contributed by atoms with Gasteiger partial charge in [0.1, 0.15) is 22.8 Å². The van der Waals surface area contributed by atoms with Crippen LogP contribution in [0.4, 0.5) is 23.5 Å². The highest BCUT2D eigenvalue weighted by molar-refractivity contribution is 6.31. The van der Waals surface area contributed by atoms with Gasteiger partial charge in [0.05, 0.1) is 19.3 Å². The van der Waals surface area contributed by atoms with Crippen LogP contribution in [0, 0.1) is 10.8 Å². The average molecular weight is 903 g/mol. The van der Waals surface area contributed by atoms with Gasteiger partial charge in [0.15, 0.2) is 0 Å². The van der Waals surface area contributed by atoms with Crippen LogP contribution < -0.4 is 25.8 Å². The first-order valence-electron chi connectivity index (χ1n) is 22.1. The summed E-state index contributed by atoms with van der Waals surface area (Å²) < 4.78 is 0. The zero-order valence-electron chi connectivity index (χ0n) is 35.5. The van der Waals surface area contributed by atoms with Gasteiger partial charge in [0.25, 0.3) is 5.91 Å². The van der Waals surface area contributed by atoms with E-state index in [4.69, 9.17) is 28.2 Å². The molecule has 2 spiro atoms. The predicted molar refractivity (Wildman–Crippen MR) is 242 cm³/mol. The van der Waals surface area contributed by atoms with Crippen LogP contribution in [0.25, 0.3) is 0 Å². The molecule has 5 fully saturated rings. The lowest BCUT2D eigenvalue weighted by atomic mass is 9.93. The number of hydrogen-bond donors (Lipinski definition) is 7. The summed E-state index contributed by atoms with van der Waals surface area (Å²) in [6, 6.07) is 10.9. The number of halogens is 2. The summed E-state index contributed by atoms with van der Waals surface area (Å²) in [5, 5.41) is 48.4. The van der Waals surface area contributed by atoms with Crippen molar-refractivity contribution in [1.82, 2.24) is 25.3 Å². The molecule has 2 saturated heterocycles. The number of benzene rings is 2. The van der Waals surface area contributed by atoms with E-state index in [2.05, 4.69) is 40.7 Å². The lowest BCUT2D eigenvalue weighted by Crippen LogP contribution is -2.39. The van der Waals surface area contributed by atoms with E-state index in [0.717, 1.165) is 63.0 Å². The van der Waals surface area contributed by atoms with E-state index >= 15 is 0 Å². The molecule has 336 valence electrons. The Labute approximate surface area is 377 Å². The number of aromatic carboxylic acids is 1. The van der Waals surface area contributed by atoms with Crippen molar-refractivity contribution in [1.29, 1.82) is 0 Å². The molecule has 2 aliphatic heterocycles. The predicted octanol–water partition coefficient (Wildman–Crippen LogP) is 6.96. The number of amides is 1. The second-order valence-corrected chi connectivity index (χ2v) is 18.8. The van der Waals surface area contributed by atoms with E-state index in [1.165, 1.54) is 44.7 Å². The smallest absolute Gasteiger partial charge is 0.341 e. The monoisotopic (exact) mass is 901 g/mol. The molecule has 63 heavy (non-hydrogen) atoms. The Morgan fingerprint density at radius 1 is 0.667 bits per heavy atom. The fraction of sp³-hybridized carbons (Fsp3) is 0.522. The van der Waals surface area contributed by atoms with Crippen LogP contribution in [-0.2, 0) is 26.3 Å². The fourth-order valence-electron chi connectivity index (χ4n) is 8.87. The highest BCUT2D eigenvalue weighted by Gasteiger charge is 2.45. The summed E-state index contributed by atoms with van der Waals surface area (Å²) >= 11 is 12.4. The molecule has 2 aromatic heterocycles. The van der Waals surface area contributed by atoms with Crippen molar-refractivity contribution in [3.63, 3.8) is 0 Å². The third kappa shape index (κ3) is 11.1. The molecule has 3 saturated carbocycles. The van der Waals surface area contributed by atoms with Crippen molar-refractivity contribution in [3.8, 4) is 0 Å². The number of piperidine rings is 2. The molecule has 9 rings (SSSR count). The molecule has 7 N–H and O–H groups in total. The van der Waals surface area contributed by atoms with Crippen molar-refractivity contribution in [2.75, 3.05) is 46.6 Å². The number of carbonyl (C=O) groups is 2. The standard InChI is InChI=1S/C26H34ClN5O3.C20H23ClN4O3/c27-22-13-17(1-2-18(22)16-33)14-28-23-21(24(35)30-19-3-5-20(34)6-4-19)15-29-25(31-23)32-11-9-26(7-8-26)10-12-32;21-16-9-13(1-2-14(16)12-26)10-22-17-15(18(27)28)11-23-19(24-17)25-7-5-20(3-4-20)6-8-25/h1-2,13,15,19-20,33-34H,3-12,14,16H2,(H,30,35)(H,28,29,31);1-2,9,11,26H,3-8,10,12H2,(H,27,28)(H,22,23,24). The van der Waals surface area contributed by atoms with Crippen molar-refractivity contribution >= 4 is 58.6 Å². The molecule has 0 bridgehead atoms. The van der Waals surface area contributed by atoms with Crippen LogP contribution in [0.2, 0.25) is 10.0 Å². The van der Waals surface area contributed by atoms with Gasteiger partial charge >= 0.3 is 5.97 Å². The number of aliphatic hydroxyl groups is 3. The number of aromatic nitrogens is 4. The number of nitrogens with one attached hydrogen (secondary N) is 3. The van der Waals surface area contributed by atoms with Gasteiger partial charge in [-0.05, 0) is 122 Å². The third-order valence-electron chi connectivity index (χ3n) is 13.7. The summed E-state index contributed by atoms with van der Waals surface area (Å²) in [6.07, 6.45) is 15.6. The number of nitrogens with zero attached hydrogens (tertiary/aromatic N) is 6. The van der Waals surface area contributed by atoms with Crippen molar-refractivity contribution < 1.29 is 30.0 Å². The maximum atomic E-state index is 13.2. The van der Waals surface area contributed by atoms with Crippen LogP contribution >= 0.6 is 23.2 Å². The Hall–Kier alpha value is -4.80. The number of carbonyl (C=O) groups excluding carboxylic acids is 1. The summed E-state index contributed by atoms with van der Waals surface area (Å²) in [5.41, 5.74) is 4.69. The summed E-state index contributed by atoms with van der Waals surface area (Å²) in [4.78, 5) is 47.3. The van der Waals surface area contributed by atoms with Gasteiger partial charge in [0.2, 0.25) is 11.9 Å². The summed E-state index contributed by atoms with van der Waals surface area (Å²) in [6.45, 7) is 4.26. The Bertz CT molecular complexity index is 2260. The molecule has 3 aliphatic carbocycles. The zero-order chi connectivity index (χ0) is 44.1. The maximum absolute atomic E-state index is 13.2. The van der Waals surface area contributed by atoms with Gasteiger partial charge in [-0.15, -0.1) is 0 Å². The molecule has 0 radical (unpaired) electrons. The molecule has 4 heterocycles. The van der Waals surface area contributed by atoms with Crippen molar-refractivity contribution in [2.24, 2.45) is 10.8 Å². The van der Waals surface area contributed by atoms with Crippen LogP contribution in [0.15, 0.2) is 48.8 Å². The second-order valence-electron chi connectivity index (χ2n) is 18.0. The minimum atomic E-state index is -1.07. The van der Waals surface area contributed by atoms with Crippen molar-refractivity contribution in [2.45, 2.75) is 115 Å². The normalized spacial score (nSPS) is 20.7. The first-order chi connectivity index (χ1) is 30.4. The van der Waals surface area contributed by atoms with E-state index in [1.807, 2.05) is 18.2 Å². The van der Waals surface area contributed by atoms with E-state index in [1.54, 1.807) is 24.4 Å². The van der Waals surface area contributed by atoms with E-state index in [9.17, 15) is 30.0 Å². The van der Waals surface area contributed by atoms with Crippen LogP contribution in [0.1, 0.15) is 120 Å². The molecule has 15 nitrogen and oxygen atoms in total. The molecular formula is C46H57Cl2N9O6. The number of carboxylic acids is 1. The first-order valence-corrected chi connectivity index (χ1v) is 22.9. The summed E-state index contributed by atoms with van der Waals surface area (Å²) in [7, 11) is 0. The number of anilines is 4. The second kappa shape index (κ2) is 19.5. The van der Waals surface area contributed by atoms with Crippen LogP contribution in [0.3, 0.4) is 0 Å². The van der Waals surface area contributed by atoms with Gasteiger partial charge in [0, 0.05) is 67.7 Å². The Morgan fingerprint density at radius 2 is 1.11 bits per heavy atom. The minimum Gasteiger partial charge on any atom is -0.477 e. The molecular weight excluding hydrogens is 845 g/mol. The van der Waals surface area contributed by atoms with E-state index < -0.39 is 5.97 Å². The van der Waals surface area contributed by atoms with Gasteiger partial charge in [-0.25, -0.2) is 14.8 Å².